The first-order valence-corrected chi connectivity index (χ1v) is 16.3. The number of benzene rings is 1. The van der Waals surface area contributed by atoms with Crippen LogP contribution in [0.1, 0.15) is 116 Å². The lowest BCUT2D eigenvalue weighted by Crippen LogP contribution is -2.59. The number of methoxy groups -OCH3 is 1. The number of phenolic OH excluding ortho intramolecular Hbond substituents is 1. The number of rotatable bonds is 13. The standard InChI is InChI=1S/C34H53NO6/c1-4-5-7-14-30(40-25(2)36)34(17-10-11-18-34)32(41-31(38)27-12-8-6-9-13-27)33(19-21-35-22-20-33)24-26-15-16-28(37)29(23-26)39-3/h15-16,23,27,30,32,35,37H,4-14,17-22,24H2,1-3H3. The van der Waals surface area contributed by atoms with Gasteiger partial charge >= 0.3 is 11.9 Å². The van der Waals surface area contributed by atoms with Crippen molar-refractivity contribution in [2.24, 2.45) is 16.7 Å². The molecule has 41 heavy (non-hydrogen) atoms. The van der Waals surface area contributed by atoms with Gasteiger partial charge in [-0.05, 0) is 88.6 Å². The van der Waals surface area contributed by atoms with Crippen LogP contribution in [-0.4, -0.2) is 49.5 Å². The summed E-state index contributed by atoms with van der Waals surface area (Å²) in [5, 5.41) is 13.8. The Morgan fingerprint density at radius 3 is 2.34 bits per heavy atom. The van der Waals surface area contributed by atoms with Gasteiger partial charge in [-0.2, -0.15) is 0 Å². The predicted molar refractivity (Wildman–Crippen MR) is 160 cm³/mol. The number of carbonyl (C=O) groups is 2. The zero-order valence-electron chi connectivity index (χ0n) is 25.7. The monoisotopic (exact) mass is 571 g/mol. The Labute approximate surface area is 247 Å². The molecule has 1 aromatic carbocycles. The second-order valence-corrected chi connectivity index (χ2v) is 13.0. The van der Waals surface area contributed by atoms with Gasteiger partial charge in [-0.1, -0.05) is 57.9 Å². The van der Waals surface area contributed by atoms with Crippen LogP contribution in [0.15, 0.2) is 18.2 Å². The summed E-state index contributed by atoms with van der Waals surface area (Å²) in [5.74, 6) is 0.212. The number of aromatic hydroxyl groups is 1. The van der Waals surface area contributed by atoms with Crippen molar-refractivity contribution in [3.63, 3.8) is 0 Å². The first-order chi connectivity index (χ1) is 19.8. The number of carbonyl (C=O) groups excluding carboxylic acids is 2. The largest absolute Gasteiger partial charge is 0.504 e. The van der Waals surface area contributed by atoms with Gasteiger partial charge in [0, 0.05) is 17.8 Å². The topological polar surface area (TPSA) is 94.1 Å². The maximum Gasteiger partial charge on any atom is 0.309 e. The molecule has 230 valence electrons. The maximum absolute atomic E-state index is 14.0. The van der Waals surface area contributed by atoms with Crippen molar-refractivity contribution >= 4 is 11.9 Å². The molecule has 1 saturated heterocycles. The Kier molecular flexibility index (Phi) is 11.4. The van der Waals surface area contributed by atoms with Crippen LogP contribution in [0.25, 0.3) is 0 Å². The molecular formula is C34H53NO6. The minimum Gasteiger partial charge on any atom is -0.504 e. The quantitative estimate of drug-likeness (QED) is 0.197. The molecule has 2 N–H and O–H groups in total. The summed E-state index contributed by atoms with van der Waals surface area (Å²) in [6.45, 7) is 5.39. The molecule has 0 bridgehead atoms. The van der Waals surface area contributed by atoms with Crippen LogP contribution in [0.2, 0.25) is 0 Å². The summed E-state index contributed by atoms with van der Waals surface area (Å²) < 4.78 is 18.6. The molecule has 1 aromatic rings. The first-order valence-electron chi connectivity index (χ1n) is 16.3. The molecule has 0 aromatic heterocycles. The van der Waals surface area contributed by atoms with Gasteiger partial charge in [0.05, 0.1) is 13.0 Å². The lowest BCUT2D eigenvalue weighted by Gasteiger charge is -2.53. The van der Waals surface area contributed by atoms with Crippen molar-refractivity contribution in [1.29, 1.82) is 0 Å². The summed E-state index contributed by atoms with van der Waals surface area (Å²) in [6, 6.07) is 5.59. The highest BCUT2D eigenvalue weighted by Gasteiger charge is 2.59. The number of nitrogens with one attached hydrogen (secondary N) is 1. The second kappa shape index (κ2) is 14.8. The SMILES string of the molecule is CCCCCC(OC(C)=O)C1(C(OC(=O)C2CCCCC2)C2(Cc3ccc(O)c(OC)c3)CCNCC2)CCCC1. The van der Waals surface area contributed by atoms with Crippen LogP contribution in [0.5, 0.6) is 11.5 Å². The molecule has 7 nitrogen and oxygen atoms in total. The predicted octanol–water partition coefficient (Wildman–Crippen LogP) is 6.88. The van der Waals surface area contributed by atoms with E-state index in [0.29, 0.717) is 12.2 Å². The summed E-state index contributed by atoms with van der Waals surface area (Å²) in [7, 11) is 1.57. The number of unbranched alkanes of at least 4 members (excludes halogenated alkanes) is 2. The number of ether oxygens (including phenoxy) is 3. The highest BCUT2D eigenvalue weighted by molar-refractivity contribution is 5.73. The van der Waals surface area contributed by atoms with E-state index in [1.807, 2.05) is 12.1 Å². The summed E-state index contributed by atoms with van der Waals surface area (Å²) in [4.78, 5) is 26.5. The third-order valence-electron chi connectivity index (χ3n) is 10.2. The van der Waals surface area contributed by atoms with Crippen molar-refractivity contribution in [3.8, 4) is 11.5 Å². The normalized spacial score (nSPS) is 22.0. The Balaban J connectivity index is 1.79. The van der Waals surface area contributed by atoms with Crippen molar-refractivity contribution in [2.45, 2.75) is 129 Å². The van der Waals surface area contributed by atoms with Gasteiger partial charge in [-0.3, -0.25) is 9.59 Å². The zero-order valence-corrected chi connectivity index (χ0v) is 25.7. The molecule has 2 atom stereocenters. The van der Waals surface area contributed by atoms with Crippen LogP contribution in [0, 0.1) is 16.7 Å². The number of esters is 2. The van der Waals surface area contributed by atoms with E-state index in [4.69, 9.17) is 14.2 Å². The summed E-state index contributed by atoms with van der Waals surface area (Å²) >= 11 is 0. The molecule has 1 heterocycles. The fourth-order valence-electron chi connectivity index (χ4n) is 8.13. The summed E-state index contributed by atoms with van der Waals surface area (Å²) in [6.07, 6.45) is 14.8. The highest BCUT2D eigenvalue weighted by Crippen LogP contribution is 2.56. The molecule has 2 unspecified atom stereocenters. The summed E-state index contributed by atoms with van der Waals surface area (Å²) in [5.41, 5.74) is 0.316. The van der Waals surface area contributed by atoms with Crippen molar-refractivity contribution in [3.05, 3.63) is 23.8 Å². The number of hydrogen-bond donors (Lipinski definition) is 2. The van der Waals surface area contributed by atoms with E-state index in [9.17, 15) is 14.7 Å². The van der Waals surface area contributed by atoms with Crippen molar-refractivity contribution < 1.29 is 28.9 Å². The number of piperidine rings is 1. The molecule has 0 spiro atoms. The number of phenols is 1. The molecule has 4 rings (SSSR count). The lowest BCUT2D eigenvalue weighted by molar-refractivity contribution is -0.199. The molecule has 0 radical (unpaired) electrons. The molecule has 2 saturated carbocycles. The molecule has 0 amide bonds. The average Bonchev–Trinajstić information content (AvgIpc) is 3.48. The van der Waals surface area contributed by atoms with Gasteiger partial charge in [-0.15, -0.1) is 0 Å². The van der Waals surface area contributed by atoms with Gasteiger partial charge in [0.1, 0.15) is 12.2 Å². The maximum atomic E-state index is 14.0. The Hall–Kier alpha value is -2.28. The van der Waals surface area contributed by atoms with E-state index >= 15 is 0 Å². The number of hydrogen-bond acceptors (Lipinski definition) is 7. The smallest absolute Gasteiger partial charge is 0.309 e. The van der Waals surface area contributed by atoms with Gasteiger partial charge < -0.3 is 24.6 Å². The van der Waals surface area contributed by atoms with E-state index in [-0.39, 0.29) is 41.2 Å². The highest BCUT2D eigenvalue weighted by atomic mass is 16.6. The fourth-order valence-corrected chi connectivity index (χ4v) is 8.13. The lowest BCUT2D eigenvalue weighted by atomic mass is 9.58. The molecule has 3 aliphatic rings. The van der Waals surface area contributed by atoms with Gasteiger partial charge in [0.15, 0.2) is 11.5 Å². The third-order valence-corrected chi connectivity index (χ3v) is 10.2. The van der Waals surface area contributed by atoms with Crippen molar-refractivity contribution in [1.82, 2.24) is 5.32 Å². The van der Waals surface area contributed by atoms with Crippen molar-refractivity contribution in [2.75, 3.05) is 20.2 Å². The molecular weight excluding hydrogens is 518 g/mol. The minimum atomic E-state index is -0.415. The van der Waals surface area contributed by atoms with E-state index in [1.165, 1.54) is 13.3 Å². The van der Waals surface area contributed by atoms with Gasteiger partial charge in [0.25, 0.3) is 0 Å². The molecule has 3 fully saturated rings. The van der Waals surface area contributed by atoms with Crippen LogP contribution in [-0.2, 0) is 25.5 Å². The zero-order chi connectivity index (χ0) is 29.3. The second-order valence-electron chi connectivity index (χ2n) is 13.0. The van der Waals surface area contributed by atoms with Crippen LogP contribution in [0.4, 0.5) is 0 Å². The van der Waals surface area contributed by atoms with E-state index < -0.39 is 5.41 Å². The molecule has 1 aliphatic heterocycles. The van der Waals surface area contributed by atoms with Crippen LogP contribution in [0.3, 0.4) is 0 Å². The Morgan fingerprint density at radius 2 is 1.71 bits per heavy atom. The fraction of sp³-hybridized carbons (Fsp3) is 0.765. The first kappa shape index (κ1) is 31.7. The molecule has 2 aliphatic carbocycles. The van der Waals surface area contributed by atoms with E-state index in [2.05, 4.69) is 12.2 Å². The van der Waals surface area contributed by atoms with Crippen LogP contribution >= 0.6 is 0 Å². The third kappa shape index (κ3) is 7.57. The average molecular weight is 572 g/mol. The Bertz CT molecular complexity index is 991. The van der Waals surface area contributed by atoms with Gasteiger partial charge in [0.2, 0.25) is 0 Å². The van der Waals surface area contributed by atoms with Crippen LogP contribution < -0.4 is 10.1 Å². The van der Waals surface area contributed by atoms with E-state index in [0.717, 1.165) is 109 Å². The van der Waals surface area contributed by atoms with Gasteiger partial charge in [-0.25, -0.2) is 0 Å². The molecule has 7 heteroatoms. The Morgan fingerprint density at radius 1 is 1.00 bits per heavy atom. The van der Waals surface area contributed by atoms with E-state index in [1.54, 1.807) is 13.2 Å². The minimum absolute atomic E-state index is 0.0514.